The number of fused-ring (bicyclic) bond motifs is 8. The molecule has 728 valence electrons. The Balaban J connectivity index is 0.000000111. The van der Waals surface area contributed by atoms with Crippen LogP contribution in [0.2, 0.25) is 0 Å². The number of halogens is 4. The molecule has 0 unspecified atom stereocenters. The van der Waals surface area contributed by atoms with Crippen LogP contribution < -0.4 is 4.90 Å². The number of rotatable bonds is 21. The van der Waals surface area contributed by atoms with E-state index in [0.29, 0.717) is 121 Å². The summed E-state index contributed by atoms with van der Waals surface area (Å²) in [6.45, 7) is 15.0. The number of aromatic amines is 8. The molecule has 0 radical (unpaired) electrons. The number of hydrogen-bond acceptors (Lipinski definition) is 25. The summed E-state index contributed by atoms with van der Waals surface area (Å²) in [6, 6.07) is 39.0. The van der Waals surface area contributed by atoms with Gasteiger partial charge in [0, 0.05) is 228 Å². The van der Waals surface area contributed by atoms with Gasteiger partial charge in [0.15, 0.2) is 45.9 Å². The lowest BCUT2D eigenvalue weighted by molar-refractivity contribution is 0.166. The van der Waals surface area contributed by atoms with E-state index in [1.165, 1.54) is 24.4 Å². The number of anilines is 1. The van der Waals surface area contributed by atoms with Crippen molar-refractivity contribution in [1.82, 2.24) is 160 Å². The Bertz CT molecular complexity index is 8700. The molecule has 1 saturated heterocycles. The Hall–Kier alpha value is -18.2. The number of imidazole rings is 4. The van der Waals surface area contributed by atoms with Gasteiger partial charge in [-0.1, -0.05) is 31.2 Å². The molecule has 0 amide bonds. The number of pyridine rings is 13. The molecule has 22 heterocycles. The van der Waals surface area contributed by atoms with E-state index in [1.807, 2.05) is 120 Å². The van der Waals surface area contributed by atoms with E-state index in [1.54, 1.807) is 136 Å². The molecular weight excluding hydrogens is 1860 g/mol. The van der Waals surface area contributed by atoms with Crippen LogP contribution in [-0.2, 0) is 19.6 Å². The fraction of sp³-hybridized carbons (Fsp3) is 0.173. The second-order valence-corrected chi connectivity index (χ2v) is 37.6. The van der Waals surface area contributed by atoms with Crippen molar-refractivity contribution in [2.24, 2.45) is 5.92 Å². The van der Waals surface area contributed by atoms with Crippen molar-refractivity contribution < 1.29 is 17.6 Å². The van der Waals surface area contributed by atoms with Crippen molar-refractivity contribution in [2.75, 3.05) is 46.2 Å². The van der Waals surface area contributed by atoms with Gasteiger partial charge in [-0.3, -0.25) is 70.2 Å². The van der Waals surface area contributed by atoms with Crippen LogP contribution in [-0.4, -0.2) is 214 Å². The summed E-state index contributed by atoms with van der Waals surface area (Å²) in [5.41, 5.74) is 28.4. The van der Waals surface area contributed by atoms with Crippen molar-refractivity contribution in [3.8, 4) is 135 Å². The third kappa shape index (κ3) is 19.8. The molecule has 24 aromatic rings. The molecule has 0 bridgehead atoms. The summed E-state index contributed by atoms with van der Waals surface area (Å²) in [4.78, 5) is 98.4. The zero-order valence-electron chi connectivity index (χ0n) is 81.2. The largest absolute Gasteiger partial charge is 0.371 e. The summed E-state index contributed by atoms with van der Waals surface area (Å²) in [5, 5.41) is 33.1. The average Bonchev–Trinajstić information content (AvgIpc) is 1.63. The quantitative estimate of drug-likeness (QED) is 0.0310. The van der Waals surface area contributed by atoms with Gasteiger partial charge in [-0.25, -0.2) is 57.4 Å². The summed E-state index contributed by atoms with van der Waals surface area (Å²) in [7, 11) is 8.11. The van der Waals surface area contributed by atoms with Crippen LogP contribution in [0.15, 0.2) is 264 Å². The normalized spacial score (nSPS) is 12.5. The van der Waals surface area contributed by atoms with Gasteiger partial charge in [0.05, 0.1) is 91.1 Å². The van der Waals surface area contributed by atoms with Gasteiger partial charge >= 0.3 is 0 Å². The fourth-order valence-corrected chi connectivity index (χ4v) is 18.7. The lowest BCUT2D eigenvalue weighted by Crippen LogP contribution is -2.36. The lowest BCUT2D eigenvalue weighted by Gasteiger charge is -2.32. The Morgan fingerprint density at radius 1 is 0.313 bits per heavy atom. The SMILES string of the molecule is CC(C)N(Cc1cc(F)cc(-c2cncc3[nH]c(-c4[nH]nc5ncc(-c6cccnc6)cc45)nc23)c1)C(C)C.CC1CCN(c2cc(F)cc(-c3cncc4[nH]c(-c5[nH]nc6ncc(-c7cccnc7)cc56)nc34)c2)CC1.CN(C)Cc1cncc(-c2cnc3n[nH]c(-c4nc5c(-c6cccc(F)c6)cncc5[nH]4)c3c2)c1.CN(C)Cc1cncc(-c2cnc3n[nH]c(-c4nc5c(-c6cncc(F)c6)cncc5[nH]4)c3c2)c1. The first-order valence-corrected chi connectivity index (χ1v) is 47.8. The highest BCUT2D eigenvalue weighted by Gasteiger charge is 2.27. The number of nitrogens with zero attached hydrogens (tertiary/aromatic N) is 25. The maximum Gasteiger partial charge on any atom is 0.181 e. The number of nitrogens with one attached hydrogen (secondary N) is 8. The number of aromatic nitrogens is 29. The minimum atomic E-state index is -0.419. The van der Waals surface area contributed by atoms with E-state index in [9.17, 15) is 17.6 Å². The van der Waals surface area contributed by atoms with Crippen LogP contribution in [0.25, 0.3) is 223 Å². The van der Waals surface area contributed by atoms with E-state index < -0.39 is 5.82 Å². The van der Waals surface area contributed by atoms with Crippen LogP contribution in [0, 0.1) is 29.2 Å². The standard InChI is InChI=1S/C30H29FN8.C29H25FN8.C26H21FN8.C25H20FN9/c1-17(2)39(18(3)4)16-19-8-21(10-23(31)9-19)25-14-33-15-26-27(25)36-30(35-26)28-24-11-22(13-34-29(24)38-37-28)20-6-5-7-32-12-20;1-17-4-7-38(8-5-17)22-10-19(9-21(30)12-22)24-15-32-16-25-26(24)35-29(34-25)27-23-11-20(14-33-28(23)37-36-27)18-3-2-6-31-13-18;1-35(2)14-15-6-17(10-28-9-15)18-8-20-24(33-34-25(20)30-11-18)26-31-22-13-29-12-21(23(22)32-26)16-4-3-5-19(27)7-16;1-35(2)13-14-3-15(7-27-6-14)16-5-19-23(33-34-24(19)30-9-16)25-31-21-12-29-11-20(22(21)32-25)17-4-18(26)10-28-8-17/h5-15,17-18H,16H2,1-4H3,(H,35,36)(H,34,37,38);2-3,6,9-17H,4-5,7-8H2,1H3,(H,34,35)(H,33,36,37);3-13H,14H2,1-2H3,(H,31,32)(H,30,33,34);3-12H,13H2,1-2H3,(H,31,32)(H,30,33,34). The molecule has 0 spiro atoms. The number of hydrogen-bond donors (Lipinski definition) is 8. The zero-order valence-corrected chi connectivity index (χ0v) is 81.2. The second-order valence-electron chi connectivity index (χ2n) is 37.6. The van der Waals surface area contributed by atoms with Crippen LogP contribution in [0.3, 0.4) is 0 Å². The molecule has 1 fully saturated rings. The summed E-state index contributed by atoms with van der Waals surface area (Å²) in [6.07, 6.45) is 40.3. The summed E-state index contributed by atoms with van der Waals surface area (Å²) in [5.74, 6) is 1.83. The van der Waals surface area contributed by atoms with Crippen molar-refractivity contribution in [3.63, 3.8) is 0 Å². The summed E-state index contributed by atoms with van der Waals surface area (Å²) >= 11 is 0. The molecule has 21 aromatic heterocycles. The van der Waals surface area contributed by atoms with Crippen molar-refractivity contribution >= 4 is 94.0 Å². The van der Waals surface area contributed by atoms with Crippen LogP contribution in [0.1, 0.15) is 64.2 Å². The van der Waals surface area contributed by atoms with E-state index in [-0.39, 0.29) is 17.5 Å². The molecule has 3 aromatic carbocycles. The van der Waals surface area contributed by atoms with Gasteiger partial charge in [0.1, 0.15) is 51.6 Å². The highest BCUT2D eigenvalue weighted by molar-refractivity contribution is 6.02. The Labute approximate surface area is 837 Å². The van der Waals surface area contributed by atoms with Crippen molar-refractivity contribution in [1.29, 1.82) is 0 Å². The predicted octanol–water partition coefficient (Wildman–Crippen LogP) is 21.4. The van der Waals surface area contributed by atoms with E-state index >= 15 is 0 Å². The van der Waals surface area contributed by atoms with Gasteiger partial charge in [-0.2, -0.15) is 20.4 Å². The third-order valence-electron chi connectivity index (χ3n) is 25.9. The Kier molecular flexibility index (Phi) is 25.7. The first-order chi connectivity index (χ1) is 71.6. The molecule has 37 heteroatoms. The topological polar surface area (TPSA) is 410 Å². The van der Waals surface area contributed by atoms with Gasteiger partial charge < -0.3 is 34.6 Å². The van der Waals surface area contributed by atoms with Gasteiger partial charge in [0.25, 0.3) is 0 Å². The van der Waals surface area contributed by atoms with Crippen LogP contribution in [0.4, 0.5) is 23.2 Å². The first-order valence-electron chi connectivity index (χ1n) is 47.8. The first kappa shape index (κ1) is 93.7. The molecule has 0 aliphatic carbocycles. The Morgan fingerprint density at radius 3 is 1.06 bits per heavy atom. The van der Waals surface area contributed by atoms with E-state index in [4.69, 9.17) is 19.9 Å². The molecule has 33 nitrogen and oxygen atoms in total. The monoisotopic (exact) mass is 1950 g/mol. The number of H-pyrrole nitrogens is 8. The molecule has 0 saturated carbocycles. The molecular formula is C110H95F4N33. The minimum absolute atomic E-state index is 0.266. The maximum absolute atomic E-state index is 14.9. The van der Waals surface area contributed by atoms with Crippen LogP contribution >= 0.6 is 0 Å². The second kappa shape index (κ2) is 40.3. The summed E-state index contributed by atoms with van der Waals surface area (Å²) < 4.78 is 57.3. The fourth-order valence-electron chi connectivity index (χ4n) is 18.7. The Morgan fingerprint density at radius 2 is 0.660 bits per heavy atom. The average molecular weight is 1960 g/mol. The highest BCUT2D eigenvalue weighted by Crippen LogP contribution is 2.41. The molecule has 8 N–H and O–H groups in total. The number of benzene rings is 3. The van der Waals surface area contributed by atoms with E-state index in [0.717, 1.165) is 189 Å². The smallest absolute Gasteiger partial charge is 0.181 e. The highest BCUT2D eigenvalue weighted by atomic mass is 19.1. The lowest BCUT2D eigenvalue weighted by atomic mass is 9.98. The molecule has 0 atom stereocenters. The molecule has 147 heavy (non-hydrogen) atoms. The third-order valence-corrected chi connectivity index (χ3v) is 25.9. The molecule has 1 aliphatic heterocycles. The van der Waals surface area contributed by atoms with Crippen molar-refractivity contribution in [3.05, 3.63) is 304 Å². The minimum Gasteiger partial charge on any atom is -0.371 e. The van der Waals surface area contributed by atoms with Gasteiger partial charge in [-0.15, -0.1) is 0 Å². The molecule has 1 aliphatic rings. The van der Waals surface area contributed by atoms with Gasteiger partial charge in [-0.05, 0) is 211 Å². The zero-order chi connectivity index (χ0) is 101. The van der Waals surface area contributed by atoms with E-state index in [2.05, 4.69) is 192 Å². The van der Waals surface area contributed by atoms with Crippen molar-refractivity contribution in [2.45, 2.75) is 79.2 Å². The van der Waals surface area contributed by atoms with Crippen LogP contribution in [0.5, 0.6) is 0 Å². The predicted molar refractivity (Wildman–Crippen MR) is 561 cm³/mol. The van der Waals surface area contributed by atoms with Gasteiger partial charge in [0.2, 0.25) is 0 Å². The maximum atomic E-state index is 14.9. The number of piperidine rings is 1. The molecule has 25 rings (SSSR count).